The third-order valence-corrected chi connectivity index (χ3v) is 3.06. The molecule has 0 radical (unpaired) electrons. The van der Waals surface area contributed by atoms with E-state index in [1.165, 1.54) is 11.8 Å². The molecule has 1 aromatic rings. The van der Waals surface area contributed by atoms with Crippen LogP contribution in [0.15, 0.2) is 29.4 Å². The second kappa shape index (κ2) is 7.14. The number of aliphatic carboxylic acids is 1. The molecule has 0 saturated carbocycles. The Morgan fingerprint density at radius 1 is 1.45 bits per heavy atom. The summed E-state index contributed by atoms with van der Waals surface area (Å²) < 4.78 is 5.03. The van der Waals surface area contributed by atoms with Crippen LogP contribution in [0.5, 0.6) is 0 Å². The Kier molecular flexibility index (Phi) is 5.82. The third kappa shape index (κ3) is 6.42. The summed E-state index contributed by atoms with van der Waals surface area (Å²) in [5.41, 5.74) is -0.665. The standard InChI is InChI=1S/C13H18N2O4S/c1-13(2,3)19-12(18)15-9(11(16)17)8-20-10-6-4-5-7-14-10/h4-7,9H,8H2,1-3H3,(H,15,18)(H,16,17)/t9-/m1/s1. The van der Waals surface area contributed by atoms with Crippen molar-refractivity contribution in [2.75, 3.05) is 5.75 Å². The van der Waals surface area contributed by atoms with Gasteiger partial charge in [-0.25, -0.2) is 14.6 Å². The molecule has 0 aliphatic rings. The number of carboxylic acids is 1. The number of ether oxygens (including phenoxy) is 1. The molecule has 20 heavy (non-hydrogen) atoms. The summed E-state index contributed by atoms with van der Waals surface area (Å²) in [6.07, 6.45) is 0.880. The van der Waals surface area contributed by atoms with E-state index >= 15 is 0 Å². The van der Waals surface area contributed by atoms with E-state index in [0.29, 0.717) is 5.03 Å². The zero-order chi connectivity index (χ0) is 15.2. The van der Waals surface area contributed by atoms with E-state index in [2.05, 4.69) is 10.3 Å². The molecule has 0 saturated heterocycles. The molecule has 1 atom stereocenters. The minimum atomic E-state index is -1.11. The number of alkyl carbamates (subject to hydrolysis) is 1. The molecule has 0 unspecified atom stereocenters. The number of rotatable bonds is 5. The second-order valence-corrected chi connectivity index (χ2v) is 6.06. The lowest BCUT2D eigenvalue weighted by Gasteiger charge is -2.21. The first-order chi connectivity index (χ1) is 9.28. The lowest BCUT2D eigenvalue weighted by molar-refractivity contribution is -0.138. The Hall–Kier alpha value is -1.76. The number of amides is 1. The molecule has 1 heterocycles. The van der Waals surface area contributed by atoms with Crippen molar-refractivity contribution >= 4 is 23.8 Å². The van der Waals surface area contributed by atoms with Crippen molar-refractivity contribution in [1.82, 2.24) is 10.3 Å². The van der Waals surface area contributed by atoms with Gasteiger partial charge in [-0.15, -0.1) is 11.8 Å². The van der Waals surface area contributed by atoms with Crippen LogP contribution in [0.2, 0.25) is 0 Å². The van der Waals surface area contributed by atoms with Crippen LogP contribution in [0, 0.1) is 0 Å². The molecule has 0 aliphatic heterocycles. The molecule has 7 heteroatoms. The van der Waals surface area contributed by atoms with Gasteiger partial charge in [0.05, 0.1) is 5.03 Å². The quantitative estimate of drug-likeness (QED) is 0.810. The average Bonchev–Trinajstić information content (AvgIpc) is 2.33. The summed E-state index contributed by atoms with van der Waals surface area (Å²) in [4.78, 5) is 26.8. The normalized spacial score (nSPS) is 12.6. The van der Waals surface area contributed by atoms with E-state index in [-0.39, 0.29) is 5.75 Å². The Morgan fingerprint density at radius 3 is 2.65 bits per heavy atom. The fourth-order valence-corrected chi connectivity index (χ4v) is 2.10. The number of hydrogen-bond donors (Lipinski definition) is 2. The summed E-state index contributed by atoms with van der Waals surface area (Å²) in [6.45, 7) is 5.14. The predicted octanol–water partition coefficient (Wildman–Crippen LogP) is 2.15. The summed E-state index contributed by atoms with van der Waals surface area (Å²) >= 11 is 1.25. The van der Waals surface area contributed by atoms with Crippen molar-refractivity contribution in [2.45, 2.75) is 37.4 Å². The van der Waals surface area contributed by atoms with E-state index in [4.69, 9.17) is 9.84 Å². The highest BCUT2D eigenvalue weighted by Crippen LogP contribution is 2.15. The molecular weight excluding hydrogens is 280 g/mol. The fraction of sp³-hybridized carbons (Fsp3) is 0.462. The number of hydrogen-bond acceptors (Lipinski definition) is 5. The van der Waals surface area contributed by atoms with Crippen LogP contribution >= 0.6 is 11.8 Å². The number of aromatic nitrogens is 1. The van der Waals surface area contributed by atoms with Gasteiger partial charge in [0.15, 0.2) is 0 Å². The van der Waals surface area contributed by atoms with Crippen molar-refractivity contribution in [3.05, 3.63) is 24.4 Å². The maximum Gasteiger partial charge on any atom is 0.408 e. The molecule has 1 rings (SSSR count). The molecule has 0 fully saturated rings. The van der Waals surface area contributed by atoms with Gasteiger partial charge in [-0.3, -0.25) is 0 Å². The summed E-state index contributed by atoms with van der Waals surface area (Å²) in [5, 5.41) is 12.1. The number of carbonyl (C=O) groups is 2. The predicted molar refractivity (Wildman–Crippen MR) is 75.8 cm³/mol. The van der Waals surface area contributed by atoms with Gasteiger partial charge in [0.2, 0.25) is 0 Å². The van der Waals surface area contributed by atoms with Crippen LogP contribution in [-0.2, 0) is 9.53 Å². The zero-order valence-corrected chi connectivity index (χ0v) is 12.4. The van der Waals surface area contributed by atoms with Crippen LogP contribution in [0.25, 0.3) is 0 Å². The minimum absolute atomic E-state index is 0.172. The number of nitrogens with zero attached hydrogens (tertiary/aromatic N) is 1. The second-order valence-electron chi connectivity index (χ2n) is 5.02. The first-order valence-electron chi connectivity index (χ1n) is 6.04. The molecule has 110 valence electrons. The van der Waals surface area contributed by atoms with Crippen molar-refractivity contribution in [3.8, 4) is 0 Å². The third-order valence-electron chi connectivity index (χ3n) is 2.02. The van der Waals surface area contributed by atoms with E-state index < -0.39 is 23.7 Å². The largest absolute Gasteiger partial charge is 0.480 e. The highest BCUT2D eigenvalue weighted by molar-refractivity contribution is 7.99. The van der Waals surface area contributed by atoms with E-state index in [1.807, 2.05) is 6.07 Å². The molecular formula is C13H18N2O4S. The van der Waals surface area contributed by atoms with Gasteiger partial charge in [-0.2, -0.15) is 0 Å². The molecule has 0 aliphatic carbocycles. The van der Waals surface area contributed by atoms with Gasteiger partial charge >= 0.3 is 12.1 Å². The van der Waals surface area contributed by atoms with Gasteiger partial charge < -0.3 is 15.2 Å². The van der Waals surface area contributed by atoms with Gasteiger partial charge in [0.25, 0.3) is 0 Å². The van der Waals surface area contributed by atoms with Crippen LogP contribution < -0.4 is 5.32 Å². The van der Waals surface area contributed by atoms with E-state index in [0.717, 1.165) is 0 Å². The summed E-state index contributed by atoms with van der Waals surface area (Å²) in [7, 11) is 0. The van der Waals surface area contributed by atoms with Crippen molar-refractivity contribution in [1.29, 1.82) is 0 Å². The van der Waals surface area contributed by atoms with Gasteiger partial charge in [-0.1, -0.05) is 6.07 Å². The van der Waals surface area contributed by atoms with Gasteiger partial charge in [0.1, 0.15) is 11.6 Å². The van der Waals surface area contributed by atoms with E-state index in [9.17, 15) is 9.59 Å². The molecule has 0 bridgehead atoms. The molecule has 0 aromatic carbocycles. The zero-order valence-electron chi connectivity index (χ0n) is 11.6. The van der Waals surface area contributed by atoms with Gasteiger partial charge in [-0.05, 0) is 32.9 Å². The first kappa shape index (κ1) is 16.3. The maximum absolute atomic E-state index is 11.6. The first-order valence-corrected chi connectivity index (χ1v) is 7.02. The van der Waals surface area contributed by atoms with Crippen molar-refractivity contribution in [2.24, 2.45) is 0 Å². The Labute approximate surface area is 121 Å². The van der Waals surface area contributed by atoms with Crippen LogP contribution in [0.3, 0.4) is 0 Å². The highest BCUT2D eigenvalue weighted by atomic mass is 32.2. The molecule has 0 spiro atoms. The monoisotopic (exact) mass is 298 g/mol. The Balaban J connectivity index is 2.53. The number of pyridine rings is 1. The van der Waals surface area contributed by atoms with Gasteiger partial charge in [0, 0.05) is 11.9 Å². The molecule has 1 amide bonds. The van der Waals surface area contributed by atoms with Crippen molar-refractivity contribution in [3.63, 3.8) is 0 Å². The van der Waals surface area contributed by atoms with E-state index in [1.54, 1.807) is 39.1 Å². The number of thioether (sulfide) groups is 1. The SMILES string of the molecule is CC(C)(C)OC(=O)N[C@H](CSc1ccccn1)C(=O)O. The summed E-state index contributed by atoms with van der Waals surface area (Å²) in [5.74, 6) is -0.940. The molecule has 6 nitrogen and oxygen atoms in total. The molecule has 1 aromatic heterocycles. The summed E-state index contributed by atoms with van der Waals surface area (Å²) in [6, 6.07) is 4.33. The number of carbonyl (C=O) groups excluding carboxylic acids is 1. The number of nitrogens with one attached hydrogen (secondary N) is 1. The molecule has 2 N–H and O–H groups in total. The lowest BCUT2D eigenvalue weighted by Crippen LogP contribution is -2.44. The fourth-order valence-electron chi connectivity index (χ4n) is 1.23. The number of carboxylic acid groups (broad SMARTS) is 1. The Morgan fingerprint density at radius 2 is 2.15 bits per heavy atom. The smallest absolute Gasteiger partial charge is 0.408 e. The average molecular weight is 298 g/mol. The van der Waals surface area contributed by atoms with Crippen LogP contribution in [0.4, 0.5) is 4.79 Å². The maximum atomic E-state index is 11.6. The minimum Gasteiger partial charge on any atom is -0.480 e. The van der Waals surface area contributed by atoms with Crippen LogP contribution in [-0.4, -0.2) is 39.5 Å². The van der Waals surface area contributed by atoms with Crippen molar-refractivity contribution < 1.29 is 19.4 Å². The highest BCUT2D eigenvalue weighted by Gasteiger charge is 2.24. The lowest BCUT2D eigenvalue weighted by atomic mass is 10.2. The van der Waals surface area contributed by atoms with Crippen LogP contribution in [0.1, 0.15) is 20.8 Å². The Bertz CT molecular complexity index is 459. The topological polar surface area (TPSA) is 88.5 Å².